The lowest BCUT2D eigenvalue weighted by Crippen LogP contribution is -2.45. The number of nitrogens with one attached hydrogen (secondary N) is 2. The van der Waals surface area contributed by atoms with Crippen molar-refractivity contribution in [3.05, 3.63) is 53.5 Å². The number of aromatic amines is 1. The number of piperazine rings is 1. The first-order valence-electron chi connectivity index (χ1n) is 10.9. The van der Waals surface area contributed by atoms with E-state index >= 15 is 0 Å². The molecule has 0 saturated carbocycles. The van der Waals surface area contributed by atoms with Crippen molar-refractivity contribution in [2.24, 2.45) is 0 Å². The maximum atomic E-state index is 12.6. The van der Waals surface area contributed by atoms with Crippen molar-refractivity contribution < 1.29 is 14.3 Å². The summed E-state index contributed by atoms with van der Waals surface area (Å²) in [6.07, 6.45) is 4.58. The van der Waals surface area contributed by atoms with E-state index in [0.29, 0.717) is 23.8 Å². The molecule has 0 unspecified atom stereocenters. The second-order valence-corrected chi connectivity index (χ2v) is 8.01. The Labute approximate surface area is 192 Å². The van der Waals surface area contributed by atoms with Gasteiger partial charge in [0.1, 0.15) is 17.3 Å². The van der Waals surface area contributed by atoms with E-state index in [4.69, 9.17) is 9.47 Å². The number of aromatic nitrogens is 4. The van der Waals surface area contributed by atoms with E-state index in [2.05, 4.69) is 42.3 Å². The molecule has 2 N–H and O–H groups in total. The van der Waals surface area contributed by atoms with Crippen LogP contribution in [0.25, 0.3) is 0 Å². The van der Waals surface area contributed by atoms with Crippen molar-refractivity contribution in [2.75, 3.05) is 57.7 Å². The summed E-state index contributed by atoms with van der Waals surface area (Å²) in [6.45, 7) is 3.70. The Balaban J connectivity index is 1.32. The van der Waals surface area contributed by atoms with E-state index < -0.39 is 0 Å². The smallest absolute Gasteiger partial charge is 0.259 e. The number of nitrogens with zero attached hydrogens (tertiary/aromatic N) is 5. The average molecular weight is 452 g/mol. The zero-order chi connectivity index (χ0) is 23.2. The minimum Gasteiger partial charge on any atom is -0.497 e. The van der Waals surface area contributed by atoms with Gasteiger partial charge in [0.05, 0.1) is 25.5 Å². The summed E-state index contributed by atoms with van der Waals surface area (Å²) >= 11 is 0. The molecule has 1 aliphatic rings. The number of anilines is 2. The molecular weight excluding hydrogens is 422 g/mol. The minimum atomic E-state index is -0.285. The van der Waals surface area contributed by atoms with Gasteiger partial charge in [-0.3, -0.25) is 9.89 Å². The van der Waals surface area contributed by atoms with E-state index in [0.717, 1.165) is 55.4 Å². The predicted octanol–water partition coefficient (Wildman–Crippen LogP) is 2.01. The SMILES string of the molecule is COc1cc(CCc2cc(NC(=O)c3cnc(N4CCN(C)CC4)nc3)[nH]n2)cc(OC)c1. The zero-order valence-corrected chi connectivity index (χ0v) is 19.2. The molecule has 2 aromatic heterocycles. The number of methoxy groups -OCH3 is 2. The quantitative estimate of drug-likeness (QED) is 0.535. The molecule has 174 valence electrons. The first kappa shape index (κ1) is 22.5. The van der Waals surface area contributed by atoms with Crippen molar-refractivity contribution in [2.45, 2.75) is 12.8 Å². The Bertz CT molecular complexity index is 1050. The number of aryl methyl sites for hydroxylation is 2. The molecule has 10 nitrogen and oxygen atoms in total. The van der Waals surface area contributed by atoms with Gasteiger partial charge in [-0.2, -0.15) is 5.10 Å². The van der Waals surface area contributed by atoms with E-state index in [1.807, 2.05) is 24.3 Å². The highest BCUT2D eigenvalue weighted by atomic mass is 16.5. The molecule has 0 spiro atoms. The van der Waals surface area contributed by atoms with E-state index in [9.17, 15) is 4.79 Å². The summed E-state index contributed by atoms with van der Waals surface area (Å²) in [5, 5.41) is 9.99. The van der Waals surface area contributed by atoms with Gasteiger partial charge in [-0.1, -0.05) is 0 Å². The number of amides is 1. The van der Waals surface area contributed by atoms with Crippen LogP contribution in [-0.4, -0.2) is 78.4 Å². The molecule has 1 fully saturated rings. The van der Waals surface area contributed by atoms with Crippen LogP contribution in [0.2, 0.25) is 0 Å². The first-order valence-corrected chi connectivity index (χ1v) is 10.9. The summed E-state index contributed by atoms with van der Waals surface area (Å²) in [6, 6.07) is 7.62. The van der Waals surface area contributed by atoms with Crippen LogP contribution in [-0.2, 0) is 12.8 Å². The molecule has 1 amide bonds. The monoisotopic (exact) mass is 451 g/mol. The number of benzene rings is 1. The van der Waals surface area contributed by atoms with Crippen molar-refractivity contribution in [3.8, 4) is 11.5 Å². The molecule has 1 aromatic carbocycles. The first-order chi connectivity index (χ1) is 16.0. The van der Waals surface area contributed by atoms with Gasteiger partial charge in [-0.05, 0) is 37.6 Å². The number of carbonyl (C=O) groups excluding carboxylic acids is 1. The average Bonchev–Trinajstić information content (AvgIpc) is 3.30. The number of rotatable bonds is 8. The van der Waals surface area contributed by atoms with Gasteiger partial charge in [-0.15, -0.1) is 0 Å². The summed E-state index contributed by atoms with van der Waals surface area (Å²) in [5.74, 6) is 2.40. The van der Waals surface area contributed by atoms with Crippen LogP contribution >= 0.6 is 0 Å². The fourth-order valence-corrected chi connectivity index (χ4v) is 3.64. The van der Waals surface area contributed by atoms with E-state index in [-0.39, 0.29) is 5.91 Å². The van der Waals surface area contributed by atoms with E-state index in [1.165, 1.54) is 0 Å². The summed E-state index contributed by atoms with van der Waals surface area (Å²) in [4.78, 5) is 25.7. The minimum absolute atomic E-state index is 0.285. The van der Waals surface area contributed by atoms with Gasteiger partial charge < -0.3 is 24.6 Å². The van der Waals surface area contributed by atoms with Crippen LogP contribution in [0, 0.1) is 0 Å². The summed E-state index contributed by atoms with van der Waals surface area (Å²) in [5.41, 5.74) is 2.32. The third kappa shape index (κ3) is 5.78. The molecule has 0 aliphatic carbocycles. The second-order valence-electron chi connectivity index (χ2n) is 8.01. The van der Waals surface area contributed by atoms with Crippen LogP contribution in [0.3, 0.4) is 0 Å². The molecule has 0 bridgehead atoms. The van der Waals surface area contributed by atoms with Gasteiger partial charge in [0.15, 0.2) is 0 Å². The Hall–Kier alpha value is -3.66. The Kier molecular flexibility index (Phi) is 7.04. The van der Waals surface area contributed by atoms with Gasteiger partial charge in [0.2, 0.25) is 5.95 Å². The Morgan fingerprint density at radius 2 is 1.67 bits per heavy atom. The molecule has 1 aliphatic heterocycles. The number of carbonyl (C=O) groups is 1. The predicted molar refractivity (Wildman–Crippen MR) is 125 cm³/mol. The maximum absolute atomic E-state index is 12.6. The molecule has 33 heavy (non-hydrogen) atoms. The van der Waals surface area contributed by atoms with Crippen molar-refractivity contribution >= 4 is 17.7 Å². The number of hydrogen-bond acceptors (Lipinski definition) is 8. The Morgan fingerprint density at radius 3 is 2.30 bits per heavy atom. The lowest BCUT2D eigenvalue weighted by atomic mass is 10.1. The molecule has 0 radical (unpaired) electrons. The molecule has 3 aromatic rings. The normalized spacial score (nSPS) is 14.2. The largest absolute Gasteiger partial charge is 0.497 e. The topological polar surface area (TPSA) is 108 Å². The molecule has 4 rings (SSSR count). The highest BCUT2D eigenvalue weighted by Crippen LogP contribution is 2.23. The molecular formula is C23H29N7O3. The van der Waals surface area contributed by atoms with Gasteiger partial charge in [0.25, 0.3) is 5.91 Å². The third-order valence-corrected chi connectivity index (χ3v) is 5.65. The molecule has 1 saturated heterocycles. The lowest BCUT2D eigenvalue weighted by molar-refractivity contribution is 0.102. The number of likely N-dealkylation sites (N-methyl/N-ethyl adjacent to an activating group) is 1. The molecule has 0 atom stereocenters. The van der Waals surface area contributed by atoms with E-state index in [1.54, 1.807) is 26.6 Å². The number of H-pyrrole nitrogens is 1. The van der Waals surface area contributed by atoms with Gasteiger partial charge in [0, 0.05) is 50.7 Å². The maximum Gasteiger partial charge on any atom is 0.259 e. The molecule has 3 heterocycles. The third-order valence-electron chi connectivity index (χ3n) is 5.65. The highest BCUT2D eigenvalue weighted by Gasteiger charge is 2.17. The van der Waals surface area contributed by atoms with Crippen molar-refractivity contribution in [3.63, 3.8) is 0 Å². The van der Waals surface area contributed by atoms with Crippen LogP contribution in [0.5, 0.6) is 11.5 Å². The summed E-state index contributed by atoms with van der Waals surface area (Å²) in [7, 11) is 5.36. The zero-order valence-electron chi connectivity index (χ0n) is 19.2. The number of hydrogen-bond donors (Lipinski definition) is 2. The van der Waals surface area contributed by atoms with Crippen molar-refractivity contribution in [1.29, 1.82) is 0 Å². The van der Waals surface area contributed by atoms with Crippen molar-refractivity contribution in [1.82, 2.24) is 25.1 Å². The van der Waals surface area contributed by atoms with Crippen LogP contribution < -0.4 is 19.7 Å². The van der Waals surface area contributed by atoms with Gasteiger partial charge >= 0.3 is 0 Å². The van der Waals surface area contributed by atoms with Crippen LogP contribution in [0.1, 0.15) is 21.6 Å². The van der Waals surface area contributed by atoms with Crippen LogP contribution in [0.4, 0.5) is 11.8 Å². The highest BCUT2D eigenvalue weighted by molar-refractivity contribution is 6.03. The molecule has 10 heteroatoms. The van der Waals surface area contributed by atoms with Gasteiger partial charge in [-0.25, -0.2) is 9.97 Å². The lowest BCUT2D eigenvalue weighted by Gasteiger charge is -2.32. The standard InChI is InChI=1S/C23H29N7O3/c1-29-6-8-30(9-7-29)23-24-14-17(15-25-23)22(31)26-21-12-18(27-28-21)5-4-16-10-19(32-2)13-20(11-16)33-3/h10-15H,4-9H2,1-3H3,(H2,26,27,28,31). The second kappa shape index (κ2) is 10.3. The Morgan fingerprint density at radius 1 is 1.00 bits per heavy atom. The fourth-order valence-electron chi connectivity index (χ4n) is 3.64. The summed E-state index contributed by atoms with van der Waals surface area (Å²) < 4.78 is 10.6. The number of ether oxygens (including phenoxy) is 2. The fraction of sp³-hybridized carbons (Fsp3) is 0.391. The van der Waals surface area contributed by atoms with Crippen LogP contribution in [0.15, 0.2) is 36.7 Å².